The summed E-state index contributed by atoms with van der Waals surface area (Å²) in [5.74, 6) is 0.100. The fourth-order valence-corrected chi connectivity index (χ4v) is 6.52. The molecule has 6 rings (SSSR count). The van der Waals surface area contributed by atoms with E-state index in [1.165, 1.54) is 22.5 Å². The first-order chi connectivity index (χ1) is 18.5. The lowest BCUT2D eigenvalue weighted by Gasteiger charge is -2.24. The number of allylic oxidation sites excluding steroid dienone is 1. The molecule has 38 heavy (non-hydrogen) atoms. The SMILES string of the molecule is Nc1c(C(=O)Nc2ccc(C(=O)/C=C/c3cccs3)cc2)sc2nc3c(cc12)C[C@H](c1ccccc1)CC3. The molecule has 0 spiro atoms. The van der Waals surface area contributed by atoms with Gasteiger partial charge >= 0.3 is 0 Å². The van der Waals surface area contributed by atoms with Gasteiger partial charge in [-0.2, -0.15) is 0 Å². The minimum absolute atomic E-state index is 0.0884. The van der Waals surface area contributed by atoms with E-state index < -0.39 is 0 Å². The zero-order valence-electron chi connectivity index (χ0n) is 20.5. The van der Waals surface area contributed by atoms with Crippen molar-refractivity contribution in [2.75, 3.05) is 11.1 Å². The molecule has 0 saturated carbocycles. The second-order valence-electron chi connectivity index (χ2n) is 9.39. The monoisotopic (exact) mass is 535 g/mol. The van der Waals surface area contributed by atoms with Crippen LogP contribution in [-0.4, -0.2) is 16.7 Å². The summed E-state index contributed by atoms with van der Waals surface area (Å²) in [5, 5.41) is 5.72. The Balaban J connectivity index is 1.18. The Hall–Kier alpha value is -4.07. The molecular weight excluding hydrogens is 510 g/mol. The van der Waals surface area contributed by atoms with Crippen molar-refractivity contribution in [3.8, 4) is 0 Å². The van der Waals surface area contributed by atoms with Crippen molar-refractivity contribution in [1.82, 2.24) is 4.98 Å². The Morgan fingerprint density at radius 1 is 1.03 bits per heavy atom. The maximum atomic E-state index is 13.1. The predicted molar refractivity (Wildman–Crippen MR) is 157 cm³/mol. The van der Waals surface area contributed by atoms with Crippen LogP contribution in [0.5, 0.6) is 0 Å². The van der Waals surface area contributed by atoms with E-state index in [1.807, 2.05) is 23.6 Å². The lowest BCUT2D eigenvalue weighted by Crippen LogP contribution is -2.14. The van der Waals surface area contributed by atoms with Crippen LogP contribution in [0.3, 0.4) is 0 Å². The number of nitrogens with zero attached hydrogens (tertiary/aromatic N) is 1. The third kappa shape index (κ3) is 4.90. The van der Waals surface area contributed by atoms with Crippen LogP contribution >= 0.6 is 22.7 Å². The van der Waals surface area contributed by atoms with Crippen molar-refractivity contribution < 1.29 is 9.59 Å². The van der Waals surface area contributed by atoms with E-state index in [0.29, 0.717) is 27.7 Å². The number of carbonyl (C=O) groups is 2. The van der Waals surface area contributed by atoms with Crippen LogP contribution < -0.4 is 11.1 Å². The largest absolute Gasteiger partial charge is 0.397 e. The van der Waals surface area contributed by atoms with E-state index in [0.717, 1.165) is 40.1 Å². The van der Waals surface area contributed by atoms with Crippen LogP contribution in [-0.2, 0) is 12.8 Å². The lowest BCUT2D eigenvalue weighted by atomic mass is 9.82. The van der Waals surface area contributed by atoms with Gasteiger partial charge in [-0.05, 0) is 90.2 Å². The number of aryl methyl sites for hydroxylation is 1. The van der Waals surface area contributed by atoms with E-state index in [-0.39, 0.29) is 11.7 Å². The molecule has 5 aromatic rings. The van der Waals surface area contributed by atoms with E-state index in [9.17, 15) is 9.59 Å². The van der Waals surface area contributed by atoms with E-state index in [1.54, 1.807) is 47.8 Å². The highest BCUT2D eigenvalue weighted by Crippen LogP contribution is 2.38. The Morgan fingerprint density at radius 2 is 1.84 bits per heavy atom. The van der Waals surface area contributed by atoms with Gasteiger partial charge in [0.05, 0.1) is 5.69 Å². The first-order valence-electron chi connectivity index (χ1n) is 12.5. The van der Waals surface area contributed by atoms with Gasteiger partial charge in [-0.3, -0.25) is 9.59 Å². The first-order valence-corrected chi connectivity index (χ1v) is 14.2. The van der Waals surface area contributed by atoms with Gasteiger partial charge in [-0.1, -0.05) is 36.4 Å². The Bertz CT molecular complexity index is 1650. The average Bonchev–Trinajstić information content (AvgIpc) is 3.59. The standard InChI is InChI=1S/C31H25N3O2S2/c32-28-25-18-22-17-21(19-5-2-1-3-6-19)10-14-26(22)34-31(25)38-29(28)30(36)33-23-11-8-20(9-12-23)27(35)15-13-24-7-4-16-37-24/h1-9,11-13,15-16,18,21H,10,14,17,32H2,(H,33,36)/b15-13+/t21-/m1/s1. The molecule has 0 unspecified atom stereocenters. The van der Waals surface area contributed by atoms with Crippen LogP contribution in [0.1, 0.15) is 54.1 Å². The molecule has 7 heteroatoms. The summed E-state index contributed by atoms with van der Waals surface area (Å²) in [5.41, 5.74) is 11.8. The summed E-state index contributed by atoms with van der Waals surface area (Å²) in [4.78, 5) is 32.8. The van der Waals surface area contributed by atoms with Crippen molar-refractivity contribution >= 4 is 62.0 Å². The van der Waals surface area contributed by atoms with Crippen LogP contribution in [0.4, 0.5) is 11.4 Å². The van der Waals surface area contributed by atoms with Gasteiger partial charge in [-0.15, -0.1) is 22.7 Å². The molecule has 5 nitrogen and oxygen atoms in total. The number of nitrogens with two attached hydrogens (primary N) is 1. The summed E-state index contributed by atoms with van der Waals surface area (Å²) < 4.78 is 0. The Morgan fingerprint density at radius 3 is 2.61 bits per heavy atom. The van der Waals surface area contributed by atoms with E-state index in [4.69, 9.17) is 10.7 Å². The lowest BCUT2D eigenvalue weighted by molar-refractivity contribution is 0.102. The topological polar surface area (TPSA) is 85.1 Å². The van der Waals surface area contributed by atoms with Gasteiger partial charge in [-0.25, -0.2) is 4.98 Å². The zero-order valence-corrected chi connectivity index (χ0v) is 22.1. The van der Waals surface area contributed by atoms with Gasteiger partial charge in [0.2, 0.25) is 0 Å². The van der Waals surface area contributed by atoms with Crippen molar-refractivity contribution in [2.24, 2.45) is 0 Å². The zero-order chi connectivity index (χ0) is 26.1. The molecule has 1 aliphatic carbocycles. The number of nitrogen functional groups attached to an aromatic ring is 1. The van der Waals surface area contributed by atoms with E-state index in [2.05, 4.69) is 35.6 Å². The number of anilines is 2. The average molecular weight is 536 g/mol. The predicted octanol–water partition coefficient (Wildman–Crippen LogP) is 7.36. The van der Waals surface area contributed by atoms with Crippen molar-refractivity contribution in [1.29, 1.82) is 0 Å². The first kappa shape index (κ1) is 24.3. The Kier molecular flexibility index (Phi) is 6.62. The van der Waals surface area contributed by atoms with Crippen molar-refractivity contribution in [3.05, 3.63) is 116 Å². The van der Waals surface area contributed by atoms with Gasteiger partial charge in [0, 0.05) is 27.2 Å². The number of ketones is 1. The molecule has 0 saturated heterocycles. The molecule has 0 bridgehead atoms. The third-order valence-corrected chi connectivity index (χ3v) is 8.88. The number of thiophene rings is 2. The molecular formula is C31H25N3O2S2. The highest BCUT2D eigenvalue weighted by atomic mass is 32.1. The summed E-state index contributed by atoms with van der Waals surface area (Å²) in [6.45, 7) is 0. The highest BCUT2D eigenvalue weighted by molar-refractivity contribution is 7.21. The molecule has 3 aromatic heterocycles. The molecule has 3 heterocycles. The fraction of sp³-hybridized carbons (Fsp3) is 0.129. The molecule has 0 radical (unpaired) electrons. The molecule has 1 atom stereocenters. The summed E-state index contributed by atoms with van der Waals surface area (Å²) in [6, 6.07) is 23.5. The minimum Gasteiger partial charge on any atom is -0.397 e. The highest BCUT2D eigenvalue weighted by Gasteiger charge is 2.24. The van der Waals surface area contributed by atoms with Crippen LogP contribution in [0.25, 0.3) is 16.3 Å². The van der Waals surface area contributed by atoms with Crippen molar-refractivity contribution in [3.63, 3.8) is 0 Å². The summed E-state index contributed by atoms with van der Waals surface area (Å²) in [7, 11) is 0. The molecule has 3 N–H and O–H groups in total. The minimum atomic E-state index is -0.276. The number of amides is 1. The number of carbonyl (C=O) groups excluding carboxylic acids is 2. The van der Waals surface area contributed by atoms with Crippen LogP contribution in [0.15, 0.2) is 84.3 Å². The molecule has 0 fully saturated rings. The number of hydrogen-bond donors (Lipinski definition) is 2. The van der Waals surface area contributed by atoms with Gasteiger partial charge < -0.3 is 11.1 Å². The molecule has 1 amide bonds. The second-order valence-corrected chi connectivity index (χ2v) is 11.4. The third-order valence-electron chi connectivity index (χ3n) is 6.93. The van der Waals surface area contributed by atoms with Crippen LogP contribution in [0, 0.1) is 0 Å². The Labute approximate surface area is 228 Å². The second kappa shape index (κ2) is 10.4. The van der Waals surface area contributed by atoms with E-state index >= 15 is 0 Å². The number of aromatic nitrogens is 1. The maximum Gasteiger partial charge on any atom is 0.267 e. The normalized spacial score (nSPS) is 15.0. The quantitative estimate of drug-likeness (QED) is 0.176. The number of hydrogen-bond acceptors (Lipinski definition) is 6. The summed E-state index contributed by atoms with van der Waals surface area (Å²) in [6.07, 6.45) is 6.27. The molecule has 1 aliphatic rings. The number of fused-ring (bicyclic) bond motifs is 2. The molecule has 2 aromatic carbocycles. The number of rotatable bonds is 6. The van der Waals surface area contributed by atoms with Crippen molar-refractivity contribution in [2.45, 2.75) is 25.2 Å². The molecule has 188 valence electrons. The fourth-order valence-electron chi connectivity index (χ4n) is 4.91. The molecule has 0 aliphatic heterocycles. The summed E-state index contributed by atoms with van der Waals surface area (Å²) >= 11 is 2.90. The van der Waals surface area contributed by atoms with Gasteiger partial charge in [0.15, 0.2) is 5.78 Å². The number of pyridine rings is 1. The number of nitrogens with one attached hydrogen (secondary N) is 1. The van der Waals surface area contributed by atoms with Gasteiger partial charge in [0.25, 0.3) is 5.91 Å². The smallest absolute Gasteiger partial charge is 0.267 e. The number of benzene rings is 2. The van der Waals surface area contributed by atoms with Gasteiger partial charge in [0.1, 0.15) is 9.71 Å². The maximum absolute atomic E-state index is 13.1. The van der Waals surface area contributed by atoms with Crippen LogP contribution in [0.2, 0.25) is 0 Å².